The number of alkyl halides is 1. The smallest absolute Gasteiger partial charge is 0.310 e. The summed E-state index contributed by atoms with van der Waals surface area (Å²) in [7, 11) is 0. The minimum Gasteiger partial charge on any atom is -0.465 e. The van der Waals surface area contributed by atoms with Gasteiger partial charge in [0, 0.05) is 22.3 Å². The second kappa shape index (κ2) is 13.0. The van der Waals surface area contributed by atoms with Crippen molar-refractivity contribution in [1.82, 2.24) is 4.90 Å². The van der Waals surface area contributed by atoms with Gasteiger partial charge in [0.15, 0.2) is 0 Å². The van der Waals surface area contributed by atoms with E-state index >= 15 is 0 Å². The number of unbranched alkanes of at least 4 members (excludes halogenated alkanes) is 2. The van der Waals surface area contributed by atoms with Gasteiger partial charge >= 0.3 is 5.97 Å². The molecule has 0 saturated carbocycles. The summed E-state index contributed by atoms with van der Waals surface area (Å²) in [4.78, 5) is 46.1. The molecule has 3 saturated heterocycles. The number of hydrogen-bond acceptors (Lipinski definition) is 6. The van der Waals surface area contributed by atoms with Crippen molar-refractivity contribution in [2.45, 2.75) is 80.3 Å². The SMILES string of the molecule is C=CCCCCOC(=O)[C@H]1[C@H]2C(=O)N([C@@H](CO)C(C)C)C(C(=O)N(CC=C)c3cc(C)ccc3C)C23CC(Br)[C@@H]1S3. The Morgan fingerprint density at radius 1 is 1.27 bits per heavy atom. The van der Waals surface area contributed by atoms with Crippen LogP contribution in [0.2, 0.25) is 0 Å². The van der Waals surface area contributed by atoms with Gasteiger partial charge in [-0.15, -0.1) is 24.9 Å². The lowest BCUT2D eigenvalue weighted by molar-refractivity contribution is -0.154. The Hall–Kier alpha value is -2.10. The molecular formula is C32H43BrN2O5S. The summed E-state index contributed by atoms with van der Waals surface area (Å²) in [5.74, 6) is -2.27. The highest BCUT2D eigenvalue weighted by Gasteiger charge is 2.76. The minimum absolute atomic E-state index is 0.0506. The van der Waals surface area contributed by atoms with Crippen LogP contribution >= 0.6 is 27.7 Å². The van der Waals surface area contributed by atoms with Gasteiger partial charge < -0.3 is 19.6 Å². The van der Waals surface area contributed by atoms with Gasteiger partial charge in [-0.3, -0.25) is 14.4 Å². The van der Waals surface area contributed by atoms with Crippen molar-refractivity contribution < 1.29 is 24.2 Å². The van der Waals surface area contributed by atoms with Crippen molar-refractivity contribution in [2.75, 3.05) is 24.7 Å². The molecule has 2 amide bonds. The molecule has 41 heavy (non-hydrogen) atoms. The summed E-state index contributed by atoms with van der Waals surface area (Å²) in [5.41, 5.74) is 2.74. The van der Waals surface area contributed by atoms with Crippen molar-refractivity contribution in [1.29, 1.82) is 0 Å². The third-order valence-electron chi connectivity index (χ3n) is 8.83. The summed E-state index contributed by atoms with van der Waals surface area (Å²) < 4.78 is 4.92. The van der Waals surface area contributed by atoms with Gasteiger partial charge in [-0.2, -0.15) is 0 Å². The summed E-state index contributed by atoms with van der Waals surface area (Å²) in [6.07, 6.45) is 6.56. The van der Waals surface area contributed by atoms with Crippen LogP contribution in [0.15, 0.2) is 43.5 Å². The molecule has 1 N–H and O–H groups in total. The predicted molar refractivity (Wildman–Crippen MR) is 168 cm³/mol. The van der Waals surface area contributed by atoms with Crippen molar-refractivity contribution >= 4 is 51.2 Å². The number of likely N-dealkylation sites (tertiary alicyclic amines) is 1. The number of nitrogens with zero attached hydrogens (tertiary/aromatic N) is 2. The number of aliphatic hydroxyl groups excluding tert-OH is 1. The number of carbonyl (C=O) groups excluding carboxylic acids is 3. The van der Waals surface area contributed by atoms with Gasteiger partial charge in [-0.1, -0.05) is 54.1 Å². The van der Waals surface area contributed by atoms with E-state index < -0.39 is 28.7 Å². The number of aryl methyl sites for hydroxylation is 2. The molecule has 7 nitrogen and oxygen atoms in total. The van der Waals surface area contributed by atoms with E-state index in [9.17, 15) is 19.5 Å². The molecule has 3 heterocycles. The highest BCUT2D eigenvalue weighted by atomic mass is 79.9. The van der Waals surface area contributed by atoms with E-state index in [0.717, 1.165) is 36.1 Å². The van der Waals surface area contributed by atoms with E-state index in [4.69, 9.17) is 4.74 Å². The van der Waals surface area contributed by atoms with Gasteiger partial charge in [0.1, 0.15) is 6.04 Å². The van der Waals surface area contributed by atoms with Crippen LogP contribution in [-0.2, 0) is 19.1 Å². The quantitative estimate of drug-likeness (QED) is 0.137. The molecule has 0 radical (unpaired) electrons. The number of amides is 2. The molecule has 1 aromatic rings. The Kier molecular flexibility index (Phi) is 10.1. The molecule has 2 bridgehead atoms. The standard InChI is InChI=1S/C32H43BrN2O5S/c1-7-9-10-11-15-40-31(39)25-26-29(37)35(24(18-36)19(3)4)28(32(26)17-22(33)27(25)41-32)30(38)34(14-8-2)23-16-20(5)12-13-21(23)6/h7-8,12-13,16,19,22,24-28,36H,1-2,9-11,14-15,17-18H2,3-6H3/t22?,24-,25-,26-,27-,28?,32?/m0/s1. The van der Waals surface area contributed by atoms with Crippen LogP contribution in [0.3, 0.4) is 0 Å². The number of benzene rings is 1. The second-order valence-corrected chi connectivity index (χ2v) is 14.6. The lowest BCUT2D eigenvalue weighted by Gasteiger charge is -2.41. The van der Waals surface area contributed by atoms with Gasteiger partial charge in [0.2, 0.25) is 5.91 Å². The minimum atomic E-state index is -0.847. The fourth-order valence-electron chi connectivity index (χ4n) is 6.85. The zero-order chi connectivity index (χ0) is 30.1. The van der Waals surface area contributed by atoms with Crippen LogP contribution in [0.1, 0.15) is 50.7 Å². The Morgan fingerprint density at radius 3 is 2.63 bits per heavy atom. The molecule has 1 aromatic carbocycles. The van der Waals surface area contributed by atoms with Crippen molar-refractivity contribution in [3.63, 3.8) is 0 Å². The van der Waals surface area contributed by atoms with E-state index in [2.05, 4.69) is 29.1 Å². The molecule has 3 fully saturated rings. The molecule has 9 heteroatoms. The molecule has 224 valence electrons. The van der Waals surface area contributed by atoms with Crippen LogP contribution in [0, 0.1) is 31.6 Å². The van der Waals surface area contributed by atoms with Crippen molar-refractivity contribution in [3.8, 4) is 0 Å². The predicted octanol–water partition coefficient (Wildman–Crippen LogP) is 5.20. The van der Waals surface area contributed by atoms with E-state index in [0.29, 0.717) is 13.0 Å². The van der Waals surface area contributed by atoms with E-state index in [1.165, 1.54) is 0 Å². The number of aliphatic hydroxyl groups is 1. The molecule has 0 aliphatic carbocycles. The van der Waals surface area contributed by atoms with Gasteiger partial charge in [0.05, 0.1) is 35.8 Å². The second-order valence-electron chi connectivity index (χ2n) is 11.9. The third-order valence-corrected chi connectivity index (χ3v) is 12.0. The first-order valence-electron chi connectivity index (χ1n) is 14.6. The van der Waals surface area contributed by atoms with Gasteiger partial charge in [-0.25, -0.2) is 0 Å². The number of fused-ring (bicyclic) bond motifs is 1. The number of thioether (sulfide) groups is 1. The molecular weight excluding hydrogens is 604 g/mol. The van der Waals surface area contributed by atoms with E-state index in [1.807, 2.05) is 52.0 Å². The summed E-state index contributed by atoms with van der Waals surface area (Å²) in [5, 5.41) is 10.3. The Labute approximate surface area is 256 Å². The van der Waals surface area contributed by atoms with Crippen LogP contribution in [-0.4, -0.2) is 74.5 Å². The van der Waals surface area contributed by atoms with E-state index in [-0.39, 0.29) is 46.9 Å². The maximum Gasteiger partial charge on any atom is 0.310 e. The Morgan fingerprint density at radius 2 is 2.00 bits per heavy atom. The largest absolute Gasteiger partial charge is 0.465 e. The number of rotatable bonds is 13. The van der Waals surface area contributed by atoms with Crippen LogP contribution in [0.4, 0.5) is 5.69 Å². The van der Waals surface area contributed by atoms with Gasteiger partial charge in [-0.05, 0) is 62.6 Å². The summed E-state index contributed by atoms with van der Waals surface area (Å²) >= 11 is 5.40. The topological polar surface area (TPSA) is 87.1 Å². The van der Waals surface area contributed by atoms with Crippen LogP contribution in [0.25, 0.3) is 0 Å². The molecule has 3 aliphatic heterocycles. The highest BCUT2D eigenvalue weighted by Crippen LogP contribution is 2.68. The number of esters is 1. The first-order chi connectivity index (χ1) is 19.5. The average molecular weight is 648 g/mol. The molecule has 3 aliphatic rings. The number of carbonyl (C=O) groups is 3. The number of allylic oxidation sites excluding steroid dienone is 1. The molecule has 1 spiro atoms. The fourth-order valence-corrected chi connectivity index (χ4v) is 10.4. The molecule has 4 rings (SSSR count). The summed E-state index contributed by atoms with van der Waals surface area (Å²) in [6, 6.07) is 4.57. The molecule has 3 unspecified atom stereocenters. The van der Waals surface area contributed by atoms with Gasteiger partial charge in [0.25, 0.3) is 5.91 Å². The lowest BCUT2D eigenvalue weighted by atomic mass is 9.71. The maximum absolute atomic E-state index is 14.8. The first-order valence-corrected chi connectivity index (χ1v) is 16.4. The molecule has 0 aromatic heterocycles. The normalized spacial score (nSPS) is 29.0. The number of halogens is 1. The highest BCUT2D eigenvalue weighted by molar-refractivity contribution is 9.09. The lowest BCUT2D eigenvalue weighted by Crippen LogP contribution is -2.59. The average Bonchev–Trinajstić information content (AvgIpc) is 3.52. The Balaban J connectivity index is 1.78. The van der Waals surface area contributed by atoms with E-state index in [1.54, 1.807) is 27.6 Å². The molecule has 7 atom stereocenters. The first kappa shape index (κ1) is 31.8. The Bertz CT molecular complexity index is 1190. The maximum atomic E-state index is 14.8. The van der Waals surface area contributed by atoms with Crippen molar-refractivity contribution in [2.24, 2.45) is 17.8 Å². The van der Waals surface area contributed by atoms with Crippen LogP contribution < -0.4 is 4.90 Å². The zero-order valence-electron chi connectivity index (χ0n) is 24.6. The monoisotopic (exact) mass is 646 g/mol. The third kappa shape index (κ3) is 5.66. The number of anilines is 1. The summed E-state index contributed by atoms with van der Waals surface area (Å²) in [6.45, 7) is 15.8. The number of hydrogen-bond donors (Lipinski definition) is 1. The van der Waals surface area contributed by atoms with Crippen molar-refractivity contribution in [3.05, 3.63) is 54.6 Å². The fraction of sp³-hybridized carbons (Fsp3) is 0.594. The van der Waals surface area contributed by atoms with Crippen LogP contribution in [0.5, 0.6) is 0 Å². The number of ether oxygens (including phenoxy) is 1. The zero-order valence-corrected chi connectivity index (χ0v) is 27.0.